The van der Waals surface area contributed by atoms with Gasteiger partial charge in [-0.2, -0.15) is 0 Å². The van der Waals surface area contributed by atoms with Crippen molar-refractivity contribution in [2.45, 2.75) is 44.8 Å². The zero-order valence-electron chi connectivity index (χ0n) is 16.2. The van der Waals surface area contributed by atoms with Crippen LogP contribution in [0.5, 0.6) is 0 Å². The molecule has 0 bridgehead atoms. The monoisotopic (exact) mass is 359 g/mol. The topological polar surface area (TPSA) is 21.3 Å². The van der Waals surface area contributed by atoms with Gasteiger partial charge in [0.1, 0.15) is 0 Å². The van der Waals surface area contributed by atoms with E-state index in [4.69, 9.17) is 4.74 Å². The molecule has 1 aliphatic rings. The Labute approximate surface area is 162 Å². The van der Waals surface area contributed by atoms with E-state index in [0.717, 1.165) is 25.9 Å². The van der Waals surface area contributed by atoms with E-state index in [1.807, 2.05) is 0 Å². The van der Waals surface area contributed by atoms with E-state index in [0.29, 0.717) is 12.5 Å². The molecule has 4 rings (SSSR count). The van der Waals surface area contributed by atoms with Crippen molar-refractivity contribution in [3.8, 4) is 0 Å². The number of rotatable bonds is 6. The third-order valence-electron chi connectivity index (χ3n) is 5.65. The van der Waals surface area contributed by atoms with Crippen molar-refractivity contribution in [1.82, 2.24) is 5.32 Å². The Balaban J connectivity index is 1.45. The van der Waals surface area contributed by atoms with Crippen LogP contribution in [0.1, 0.15) is 42.4 Å². The van der Waals surface area contributed by atoms with Crippen LogP contribution < -0.4 is 5.32 Å². The first kappa shape index (κ1) is 18.2. The van der Waals surface area contributed by atoms with Crippen LogP contribution in [0.3, 0.4) is 0 Å². The van der Waals surface area contributed by atoms with Gasteiger partial charge in [0.15, 0.2) is 0 Å². The highest BCUT2D eigenvalue weighted by Crippen LogP contribution is 2.29. The first-order valence-electron chi connectivity index (χ1n) is 10.2. The molecular weight excluding hydrogens is 330 g/mol. The molecule has 2 unspecified atom stereocenters. The van der Waals surface area contributed by atoms with Gasteiger partial charge in [-0.1, -0.05) is 74.0 Å². The van der Waals surface area contributed by atoms with Crippen molar-refractivity contribution in [3.63, 3.8) is 0 Å². The van der Waals surface area contributed by atoms with Crippen LogP contribution in [0.15, 0.2) is 66.7 Å². The second-order valence-corrected chi connectivity index (χ2v) is 7.62. The van der Waals surface area contributed by atoms with Crippen LogP contribution in [-0.4, -0.2) is 19.2 Å². The molecule has 0 radical (unpaired) electrons. The molecule has 0 aliphatic carbocycles. The van der Waals surface area contributed by atoms with E-state index in [-0.39, 0.29) is 6.10 Å². The first-order valence-corrected chi connectivity index (χ1v) is 10.2. The second kappa shape index (κ2) is 8.69. The normalized spacial score (nSPS) is 20.0. The lowest BCUT2D eigenvalue weighted by atomic mass is 9.87. The van der Waals surface area contributed by atoms with Gasteiger partial charge in [0.2, 0.25) is 0 Å². The Hall–Kier alpha value is -2.16. The van der Waals surface area contributed by atoms with Crippen LogP contribution in [0, 0.1) is 0 Å². The van der Waals surface area contributed by atoms with Gasteiger partial charge in [-0.05, 0) is 52.9 Å². The van der Waals surface area contributed by atoms with Crippen LogP contribution in [0.4, 0.5) is 0 Å². The van der Waals surface area contributed by atoms with E-state index >= 15 is 0 Å². The van der Waals surface area contributed by atoms with Crippen molar-refractivity contribution < 1.29 is 4.74 Å². The molecule has 0 aromatic heterocycles. The summed E-state index contributed by atoms with van der Waals surface area (Å²) in [5.41, 5.74) is 4.10. The number of nitrogens with one attached hydrogen (secondary N) is 1. The van der Waals surface area contributed by atoms with Gasteiger partial charge in [-0.25, -0.2) is 0 Å². The maximum atomic E-state index is 6.40. The minimum absolute atomic E-state index is 0.224. The van der Waals surface area contributed by atoms with Crippen molar-refractivity contribution in [3.05, 3.63) is 83.4 Å². The summed E-state index contributed by atoms with van der Waals surface area (Å²) in [7, 11) is 0. The summed E-state index contributed by atoms with van der Waals surface area (Å²) in [5, 5.41) is 6.07. The number of benzene rings is 3. The lowest BCUT2D eigenvalue weighted by Crippen LogP contribution is -2.40. The van der Waals surface area contributed by atoms with E-state index in [1.54, 1.807) is 0 Å². The van der Waals surface area contributed by atoms with E-state index < -0.39 is 0 Å². The Kier molecular flexibility index (Phi) is 5.86. The third kappa shape index (κ3) is 4.40. The smallest absolute Gasteiger partial charge is 0.0772 e. The molecular formula is C25H29NO. The molecule has 1 fully saturated rings. The SMILES string of the molecule is CCCc1ccc(C2CCNCC2OCc2ccc3ccccc3c2)cc1. The predicted octanol–water partition coefficient (Wildman–Crippen LogP) is 5.45. The molecule has 2 atom stereocenters. The fraction of sp³-hybridized carbons (Fsp3) is 0.360. The quantitative estimate of drug-likeness (QED) is 0.631. The summed E-state index contributed by atoms with van der Waals surface area (Å²) in [6, 6.07) is 24.3. The van der Waals surface area contributed by atoms with Gasteiger partial charge >= 0.3 is 0 Å². The summed E-state index contributed by atoms with van der Waals surface area (Å²) in [6.07, 6.45) is 3.72. The van der Waals surface area contributed by atoms with Gasteiger partial charge in [0.25, 0.3) is 0 Å². The number of hydrogen-bond donors (Lipinski definition) is 1. The summed E-state index contributed by atoms with van der Waals surface area (Å²) >= 11 is 0. The van der Waals surface area contributed by atoms with Gasteiger partial charge in [0, 0.05) is 12.5 Å². The lowest BCUT2D eigenvalue weighted by molar-refractivity contribution is 0.0106. The molecule has 0 saturated carbocycles. The Morgan fingerprint density at radius 3 is 2.52 bits per heavy atom. The molecule has 0 spiro atoms. The average Bonchev–Trinajstić information content (AvgIpc) is 2.73. The molecule has 2 heteroatoms. The lowest BCUT2D eigenvalue weighted by Gasteiger charge is -2.32. The van der Waals surface area contributed by atoms with E-state index in [9.17, 15) is 0 Å². The Morgan fingerprint density at radius 2 is 1.70 bits per heavy atom. The molecule has 1 N–H and O–H groups in total. The molecule has 140 valence electrons. The van der Waals surface area contributed by atoms with Crippen LogP contribution in [0.2, 0.25) is 0 Å². The summed E-state index contributed by atoms with van der Waals surface area (Å²) in [4.78, 5) is 0. The Morgan fingerprint density at radius 1 is 0.926 bits per heavy atom. The van der Waals surface area contributed by atoms with Gasteiger partial charge < -0.3 is 10.1 Å². The van der Waals surface area contributed by atoms with Crippen molar-refractivity contribution in [2.24, 2.45) is 0 Å². The van der Waals surface area contributed by atoms with Crippen LogP contribution >= 0.6 is 0 Å². The minimum atomic E-state index is 0.224. The number of fused-ring (bicyclic) bond motifs is 1. The first-order chi connectivity index (χ1) is 13.3. The number of hydrogen-bond acceptors (Lipinski definition) is 2. The fourth-order valence-corrected chi connectivity index (χ4v) is 4.14. The average molecular weight is 360 g/mol. The zero-order valence-corrected chi connectivity index (χ0v) is 16.2. The highest BCUT2D eigenvalue weighted by molar-refractivity contribution is 5.82. The number of piperidine rings is 1. The molecule has 1 aliphatic heterocycles. The molecule has 3 aromatic carbocycles. The molecule has 0 amide bonds. The Bertz CT molecular complexity index is 871. The van der Waals surface area contributed by atoms with Gasteiger partial charge in [-0.15, -0.1) is 0 Å². The standard InChI is InChI=1S/C25H29NO/c1-2-5-19-8-12-22(13-9-19)24-14-15-26-17-25(24)27-18-20-10-11-21-6-3-4-7-23(21)16-20/h3-4,6-13,16,24-26H,2,5,14-15,17-18H2,1H3. The molecule has 1 saturated heterocycles. The minimum Gasteiger partial charge on any atom is -0.372 e. The summed E-state index contributed by atoms with van der Waals surface area (Å²) in [6.45, 7) is 4.89. The molecule has 3 aromatic rings. The van der Waals surface area contributed by atoms with Gasteiger partial charge in [-0.3, -0.25) is 0 Å². The second-order valence-electron chi connectivity index (χ2n) is 7.62. The van der Waals surface area contributed by atoms with Crippen LogP contribution in [-0.2, 0) is 17.8 Å². The molecule has 2 nitrogen and oxygen atoms in total. The van der Waals surface area contributed by atoms with Crippen LogP contribution in [0.25, 0.3) is 10.8 Å². The predicted molar refractivity (Wildman–Crippen MR) is 113 cm³/mol. The summed E-state index contributed by atoms with van der Waals surface area (Å²) < 4.78 is 6.40. The number of aryl methyl sites for hydroxylation is 1. The van der Waals surface area contributed by atoms with Crippen molar-refractivity contribution in [2.75, 3.05) is 13.1 Å². The largest absolute Gasteiger partial charge is 0.372 e. The van der Waals surface area contributed by atoms with Crippen molar-refractivity contribution >= 4 is 10.8 Å². The van der Waals surface area contributed by atoms with Crippen molar-refractivity contribution in [1.29, 1.82) is 0 Å². The third-order valence-corrected chi connectivity index (χ3v) is 5.65. The summed E-state index contributed by atoms with van der Waals surface area (Å²) in [5.74, 6) is 0.474. The fourth-order valence-electron chi connectivity index (χ4n) is 4.14. The van der Waals surface area contributed by atoms with E-state index in [1.165, 1.54) is 33.9 Å². The highest BCUT2D eigenvalue weighted by Gasteiger charge is 2.27. The molecule has 1 heterocycles. The maximum Gasteiger partial charge on any atom is 0.0772 e. The zero-order chi connectivity index (χ0) is 18.5. The number of ether oxygens (including phenoxy) is 1. The highest BCUT2D eigenvalue weighted by atomic mass is 16.5. The van der Waals surface area contributed by atoms with E-state index in [2.05, 4.69) is 79.0 Å². The molecule has 27 heavy (non-hydrogen) atoms. The van der Waals surface area contributed by atoms with Gasteiger partial charge in [0.05, 0.1) is 12.7 Å². The maximum absolute atomic E-state index is 6.40.